The Morgan fingerprint density at radius 3 is 2.26 bits per heavy atom. The lowest BCUT2D eigenvalue weighted by atomic mass is 9.52. The van der Waals surface area contributed by atoms with E-state index < -0.39 is 72.4 Å². The minimum absolute atomic E-state index is 0.160. The average Bonchev–Trinajstić information content (AvgIpc) is 3.42. The number of carboxylic acids is 1. The molecule has 0 radical (unpaired) electrons. The number of aliphatic hydroxyl groups is 3. The number of phenols is 1. The van der Waals surface area contributed by atoms with Crippen molar-refractivity contribution in [2.75, 3.05) is 11.5 Å². The smallest absolute Gasteiger partial charge is 0.453 e. The fourth-order valence-corrected chi connectivity index (χ4v) is 11.0. The van der Waals surface area contributed by atoms with Gasteiger partial charge in [-0.3, -0.25) is 4.21 Å². The molecule has 0 aromatic heterocycles. The molecule has 2 saturated carbocycles. The summed E-state index contributed by atoms with van der Waals surface area (Å²) in [7, 11) is -1.41. The van der Waals surface area contributed by atoms with Gasteiger partial charge >= 0.3 is 18.1 Å². The van der Waals surface area contributed by atoms with Gasteiger partial charge < -0.3 is 35.0 Å². The van der Waals surface area contributed by atoms with Crippen LogP contribution in [-0.2, 0) is 31.5 Å². The van der Waals surface area contributed by atoms with E-state index in [4.69, 9.17) is 9.47 Å². The van der Waals surface area contributed by atoms with Crippen LogP contribution in [0.25, 0.3) is 0 Å². The third-order valence-electron chi connectivity index (χ3n) is 12.6. The Labute approximate surface area is 310 Å². The zero-order valence-electron chi connectivity index (χ0n) is 30.2. The van der Waals surface area contributed by atoms with Crippen LogP contribution in [0, 0.1) is 23.2 Å². The van der Waals surface area contributed by atoms with Gasteiger partial charge in [0.25, 0.3) is 0 Å². The van der Waals surface area contributed by atoms with Gasteiger partial charge in [-0.2, -0.15) is 22.0 Å². The normalized spacial score (nSPS) is 35.0. The third kappa shape index (κ3) is 9.56. The van der Waals surface area contributed by atoms with E-state index in [2.05, 4.69) is 13.0 Å². The van der Waals surface area contributed by atoms with Gasteiger partial charge in [-0.15, -0.1) is 0 Å². The van der Waals surface area contributed by atoms with Crippen molar-refractivity contribution in [1.29, 1.82) is 0 Å². The Balaban J connectivity index is 1.11. The first-order chi connectivity index (χ1) is 24.9. The summed E-state index contributed by atoms with van der Waals surface area (Å²) < 4.78 is 86.9. The highest BCUT2D eigenvalue weighted by Crippen LogP contribution is 2.63. The van der Waals surface area contributed by atoms with E-state index in [-0.39, 0.29) is 28.9 Å². The third-order valence-corrected chi connectivity index (χ3v) is 14.1. The van der Waals surface area contributed by atoms with Crippen LogP contribution in [0.4, 0.5) is 22.0 Å². The molecule has 3 aliphatic carbocycles. The second kappa shape index (κ2) is 17.5. The first kappa shape index (κ1) is 42.2. The highest BCUT2D eigenvalue weighted by Gasteiger charge is 2.59. The van der Waals surface area contributed by atoms with E-state index in [9.17, 15) is 56.5 Å². The Morgan fingerprint density at radius 1 is 0.925 bits per heavy atom. The molecule has 53 heavy (non-hydrogen) atoms. The summed E-state index contributed by atoms with van der Waals surface area (Å²) in [5.74, 6) is -4.48. The molecule has 4 aliphatic rings. The number of halogens is 5. The van der Waals surface area contributed by atoms with E-state index in [0.717, 1.165) is 70.6 Å². The number of carboxylic acid groups (broad SMARTS) is 1. The summed E-state index contributed by atoms with van der Waals surface area (Å²) >= 11 is 0. The molecule has 3 fully saturated rings. The fourth-order valence-electron chi connectivity index (χ4n) is 9.81. The van der Waals surface area contributed by atoms with Crippen LogP contribution in [0.15, 0.2) is 18.2 Å². The van der Waals surface area contributed by atoms with Crippen LogP contribution in [0.5, 0.6) is 5.75 Å². The monoisotopic (exact) mass is 782 g/mol. The standard InChI is InChI=1S/C38H55F5O9S/c1-36-17-15-26-25-12-11-24(44)21-23(25)20-22(10-7-5-3-2-4-6-8-18-53(50)19-9-16-37(39,40)38(41,42)43)29(26)27(36)13-14-28(36)51-35-32(47)30(45)31(46)33(52-35)34(48)49/h11-12,21-22,26-33,35,44-47H,2-10,13-20H2,1H3,(H,48,49)/t22-,26-,27+,28+,29-,30+,31+,32-,33+,35-,36+,53?/m1/s1. The predicted octanol–water partition coefficient (Wildman–Crippen LogP) is 6.60. The number of unbranched alkanes of at least 4 members (excludes halogenated alkanes) is 6. The summed E-state index contributed by atoms with van der Waals surface area (Å²) in [6, 6.07) is 5.69. The van der Waals surface area contributed by atoms with Crippen molar-refractivity contribution in [2.24, 2.45) is 23.2 Å². The van der Waals surface area contributed by atoms with Crippen LogP contribution in [0.3, 0.4) is 0 Å². The van der Waals surface area contributed by atoms with Crippen molar-refractivity contribution in [3.63, 3.8) is 0 Å². The lowest BCUT2D eigenvalue weighted by molar-refractivity contribution is -0.312. The molecule has 1 unspecified atom stereocenters. The molecule has 1 aliphatic heterocycles. The first-order valence-corrected chi connectivity index (χ1v) is 20.6. The molecule has 9 nitrogen and oxygen atoms in total. The van der Waals surface area contributed by atoms with Gasteiger partial charge in [0.05, 0.1) is 6.10 Å². The van der Waals surface area contributed by atoms with Gasteiger partial charge in [0.1, 0.15) is 24.1 Å². The average molecular weight is 783 g/mol. The van der Waals surface area contributed by atoms with Gasteiger partial charge in [-0.1, -0.05) is 51.5 Å². The summed E-state index contributed by atoms with van der Waals surface area (Å²) in [4.78, 5) is 11.7. The molecular weight excluding hydrogens is 727 g/mol. The lowest BCUT2D eigenvalue weighted by Crippen LogP contribution is -2.61. The number of aliphatic carboxylic acids is 1. The molecular formula is C38H55F5O9S. The Morgan fingerprint density at radius 2 is 1.58 bits per heavy atom. The molecule has 1 saturated heterocycles. The minimum atomic E-state index is -5.58. The highest BCUT2D eigenvalue weighted by molar-refractivity contribution is 7.84. The van der Waals surface area contributed by atoms with E-state index in [1.165, 1.54) is 11.1 Å². The zero-order chi connectivity index (χ0) is 38.7. The van der Waals surface area contributed by atoms with Crippen molar-refractivity contribution in [2.45, 2.75) is 158 Å². The number of phenolic OH excluding ortho intramolecular Hbond substituents is 1. The van der Waals surface area contributed by atoms with Gasteiger partial charge in [-0.25, -0.2) is 4.79 Å². The molecule has 12 atom stereocenters. The van der Waals surface area contributed by atoms with E-state index in [1.54, 1.807) is 6.07 Å². The van der Waals surface area contributed by atoms with Crippen molar-refractivity contribution in [3.05, 3.63) is 29.3 Å². The number of aliphatic hydroxyl groups excluding tert-OH is 3. The summed E-state index contributed by atoms with van der Waals surface area (Å²) in [5.41, 5.74) is 2.18. The number of carbonyl (C=O) groups is 1. The molecule has 1 aromatic carbocycles. The molecule has 0 amide bonds. The number of alkyl halides is 5. The van der Waals surface area contributed by atoms with E-state index in [0.29, 0.717) is 36.3 Å². The van der Waals surface area contributed by atoms with Gasteiger partial charge in [0.15, 0.2) is 12.4 Å². The number of hydrogen-bond acceptors (Lipinski definition) is 8. The number of aromatic hydroxyl groups is 1. The van der Waals surface area contributed by atoms with Crippen LogP contribution in [-0.4, -0.2) is 96.1 Å². The van der Waals surface area contributed by atoms with E-state index >= 15 is 0 Å². The van der Waals surface area contributed by atoms with Crippen molar-refractivity contribution in [1.82, 2.24) is 0 Å². The van der Waals surface area contributed by atoms with Gasteiger partial charge in [0, 0.05) is 28.7 Å². The topological polar surface area (TPSA) is 154 Å². The number of ether oxygens (including phenoxy) is 2. The molecule has 15 heteroatoms. The predicted molar refractivity (Wildman–Crippen MR) is 186 cm³/mol. The van der Waals surface area contributed by atoms with Crippen LogP contribution in [0.1, 0.15) is 114 Å². The number of hydrogen-bond donors (Lipinski definition) is 5. The van der Waals surface area contributed by atoms with Crippen LogP contribution < -0.4 is 0 Å². The second-order valence-electron chi connectivity index (χ2n) is 16.0. The van der Waals surface area contributed by atoms with Gasteiger partial charge in [0.2, 0.25) is 0 Å². The Kier molecular flexibility index (Phi) is 13.9. The summed E-state index contributed by atoms with van der Waals surface area (Å²) in [6.45, 7) is 2.20. The fraction of sp³-hybridized carbons (Fsp3) is 0.816. The van der Waals surface area contributed by atoms with E-state index in [1.807, 2.05) is 6.07 Å². The molecule has 1 heterocycles. The Bertz CT molecular complexity index is 1410. The second-order valence-corrected chi connectivity index (χ2v) is 17.7. The maximum atomic E-state index is 13.1. The molecule has 0 bridgehead atoms. The molecule has 0 spiro atoms. The van der Waals surface area contributed by atoms with Crippen molar-refractivity contribution < 1.29 is 66.0 Å². The molecule has 302 valence electrons. The summed E-state index contributed by atoms with van der Waals surface area (Å²) in [6.07, 6.45) is -4.32. The van der Waals surface area contributed by atoms with Crippen molar-refractivity contribution in [3.8, 4) is 5.75 Å². The SMILES string of the molecule is C[C@]12CC[C@@H]3c4ccc(O)cc4C[C@@H](CCCCCCCCCS(=O)CCCC(F)(F)C(F)(F)F)[C@H]3[C@@H]1CC[C@@H]2O[C@@H]1O[C@H](C(=O)O)[C@@H](O)[C@H](O)[C@H]1O. The Hall–Kier alpha value is -1.91. The minimum Gasteiger partial charge on any atom is -0.508 e. The zero-order valence-corrected chi connectivity index (χ0v) is 31.0. The maximum Gasteiger partial charge on any atom is 0.453 e. The summed E-state index contributed by atoms with van der Waals surface area (Å²) in [5, 5.41) is 51.0. The quantitative estimate of drug-likeness (QED) is 0.0870. The first-order valence-electron chi connectivity index (χ1n) is 19.1. The molecule has 1 aromatic rings. The maximum absolute atomic E-state index is 13.1. The lowest BCUT2D eigenvalue weighted by Gasteiger charge is -2.54. The highest BCUT2D eigenvalue weighted by atomic mass is 32.2. The van der Waals surface area contributed by atoms with Crippen LogP contribution in [0.2, 0.25) is 0 Å². The van der Waals surface area contributed by atoms with Crippen LogP contribution >= 0.6 is 0 Å². The van der Waals surface area contributed by atoms with Gasteiger partial charge in [-0.05, 0) is 104 Å². The number of fused-ring (bicyclic) bond motifs is 5. The van der Waals surface area contributed by atoms with Crippen molar-refractivity contribution >= 4 is 16.8 Å². The number of benzene rings is 1. The molecule has 5 N–H and O–H groups in total. The molecule has 5 rings (SSSR count). The largest absolute Gasteiger partial charge is 0.508 e. The number of rotatable bonds is 17.